The van der Waals surface area contributed by atoms with E-state index in [-0.39, 0.29) is 0 Å². The summed E-state index contributed by atoms with van der Waals surface area (Å²) >= 11 is 0. The summed E-state index contributed by atoms with van der Waals surface area (Å²) in [5, 5.41) is 3.51. The minimum Gasteiger partial charge on any atom is -0.310 e. The molecule has 1 N–H and O–H groups in total. The van der Waals surface area contributed by atoms with Crippen LogP contribution in [0.2, 0.25) is 0 Å². The van der Waals surface area contributed by atoms with Crippen LogP contribution in [0.5, 0.6) is 0 Å². The van der Waals surface area contributed by atoms with Crippen molar-refractivity contribution in [1.82, 2.24) is 5.32 Å². The molecule has 16 heavy (non-hydrogen) atoms. The molecule has 0 saturated carbocycles. The molecule has 1 heteroatoms. The van der Waals surface area contributed by atoms with E-state index in [9.17, 15) is 0 Å². The second kappa shape index (κ2) is 6.15. The summed E-state index contributed by atoms with van der Waals surface area (Å²) in [6.07, 6.45) is 10.6. The Labute approximate surface area is 98.6 Å². The van der Waals surface area contributed by atoms with Crippen molar-refractivity contribution in [3.05, 3.63) is 42.0 Å². The molecule has 1 atom stereocenters. The van der Waals surface area contributed by atoms with Crippen LogP contribution in [0, 0.1) is 12.8 Å². The van der Waals surface area contributed by atoms with E-state index in [0.717, 1.165) is 12.1 Å². The average molecular weight is 213 g/mol. The topological polar surface area (TPSA) is 12.0 Å². The number of terminal acetylenes is 1. The van der Waals surface area contributed by atoms with Crippen molar-refractivity contribution in [2.45, 2.75) is 25.8 Å². The van der Waals surface area contributed by atoms with Gasteiger partial charge in [-0.3, -0.25) is 0 Å². The minimum atomic E-state index is 0.564. The Bertz CT molecular complexity index is 370. The molecule has 0 bridgehead atoms. The van der Waals surface area contributed by atoms with Crippen molar-refractivity contribution in [3.8, 4) is 12.8 Å². The summed E-state index contributed by atoms with van der Waals surface area (Å²) in [6, 6.07) is 9.27. The summed E-state index contributed by atoms with van der Waals surface area (Å²) in [5.41, 5.74) is 3.81. The van der Waals surface area contributed by atoms with E-state index in [4.69, 9.17) is 0 Å². The SMILES string of the molecule is C#C.C=C(C)c1cccc(C2CCCN2)c1. The molecular weight excluding hydrogens is 194 g/mol. The summed E-state index contributed by atoms with van der Waals surface area (Å²) in [4.78, 5) is 0. The fourth-order valence-electron chi connectivity index (χ4n) is 1.99. The van der Waals surface area contributed by atoms with Gasteiger partial charge < -0.3 is 5.32 Å². The maximum Gasteiger partial charge on any atom is 0.0320 e. The van der Waals surface area contributed by atoms with E-state index in [0.29, 0.717) is 6.04 Å². The molecule has 1 unspecified atom stereocenters. The number of rotatable bonds is 2. The molecular formula is C15H19N. The van der Waals surface area contributed by atoms with Gasteiger partial charge in [0.2, 0.25) is 0 Å². The first-order valence-corrected chi connectivity index (χ1v) is 5.60. The highest BCUT2D eigenvalue weighted by Gasteiger charge is 2.15. The molecule has 0 radical (unpaired) electrons. The Morgan fingerprint density at radius 1 is 1.44 bits per heavy atom. The molecule has 1 saturated heterocycles. The van der Waals surface area contributed by atoms with E-state index < -0.39 is 0 Å². The Morgan fingerprint density at radius 3 is 2.75 bits per heavy atom. The maximum absolute atomic E-state index is 4.00. The standard InChI is InChI=1S/C13H17N.C2H2/c1-10(2)11-5-3-6-12(9-11)13-7-4-8-14-13;1-2/h3,5-6,9,13-14H,1,4,7-8H2,2H3;1-2H. The Kier molecular flexibility index (Phi) is 4.82. The van der Waals surface area contributed by atoms with Crippen LogP contribution in [0.3, 0.4) is 0 Å². The fraction of sp³-hybridized carbons (Fsp3) is 0.333. The number of nitrogens with one attached hydrogen (secondary N) is 1. The Hall–Kier alpha value is -1.52. The molecule has 1 aliphatic heterocycles. The first-order chi connectivity index (χ1) is 7.77. The van der Waals surface area contributed by atoms with Crippen molar-refractivity contribution in [2.75, 3.05) is 6.54 Å². The summed E-state index contributed by atoms with van der Waals surface area (Å²) in [7, 11) is 0. The molecule has 1 aliphatic rings. The van der Waals surface area contributed by atoms with Crippen LogP contribution in [0.25, 0.3) is 5.57 Å². The number of allylic oxidation sites excluding steroid dienone is 1. The van der Waals surface area contributed by atoms with E-state index in [1.807, 2.05) is 0 Å². The molecule has 2 rings (SSSR count). The number of hydrogen-bond acceptors (Lipinski definition) is 1. The molecule has 1 nitrogen and oxygen atoms in total. The summed E-state index contributed by atoms with van der Waals surface area (Å²) in [5.74, 6) is 0. The highest BCUT2D eigenvalue weighted by Crippen LogP contribution is 2.25. The van der Waals surface area contributed by atoms with Gasteiger partial charge in [-0.1, -0.05) is 30.4 Å². The lowest BCUT2D eigenvalue weighted by Gasteiger charge is -2.11. The van der Waals surface area contributed by atoms with Gasteiger partial charge in [0.15, 0.2) is 0 Å². The number of benzene rings is 1. The lowest BCUT2D eigenvalue weighted by Crippen LogP contribution is -2.12. The highest BCUT2D eigenvalue weighted by atomic mass is 14.9. The summed E-state index contributed by atoms with van der Waals surface area (Å²) in [6.45, 7) is 7.18. The van der Waals surface area contributed by atoms with E-state index in [1.54, 1.807) is 0 Å². The smallest absolute Gasteiger partial charge is 0.0320 e. The predicted molar refractivity (Wildman–Crippen MR) is 71.0 cm³/mol. The molecule has 0 amide bonds. The normalized spacial score (nSPS) is 18.6. The van der Waals surface area contributed by atoms with Crippen LogP contribution in [-0.2, 0) is 0 Å². The van der Waals surface area contributed by atoms with E-state index >= 15 is 0 Å². The molecule has 84 valence electrons. The maximum atomic E-state index is 4.00. The zero-order valence-corrected chi connectivity index (χ0v) is 9.87. The Morgan fingerprint density at radius 2 is 2.19 bits per heavy atom. The third-order valence-corrected chi connectivity index (χ3v) is 2.84. The van der Waals surface area contributed by atoms with Crippen molar-refractivity contribution in [3.63, 3.8) is 0 Å². The largest absolute Gasteiger partial charge is 0.310 e. The molecule has 1 heterocycles. The van der Waals surface area contributed by atoms with Gasteiger partial charge >= 0.3 is 0 Å². The van der Waals surface area contributed by atoms with E-state index in [2.05, 4.69) is 55.9 Å². The van der Waals surface area contributed by atoms with Crippen molar-refractivity contribution >= 4 is 5.57 Å². The van der Waals surface area contributed by atoms with Crippen LogP contribution < -0.4 is 5.32 Å². The first kappa shape index (κ1) is 12.5. The van der Waals surface area contributed by atoms with Crippen LogP contribution in [0.4, 0.5) is 0 Å². The van der Waals surface area contributed by atoms with Crippen molar-refractivity contribution in [2.24, 2.45) is 0 Å². The van der Waals surface area contributed by atoms with Gasteiger partial charge in [0, 0.05) is 6.04 Å². The second-order valence-corrected chi connectivity index (χ2v) is 4.05. The third-order valence-electron chi connectivity index (χ3n) is 2.84. The van der Waals surface area contributed by atoms with Crippen molar-refractivity contribution < 1.29 is 0 Å². The zero-order chi connectivity index (χ0) is 12.0. The highest BCUT2D eigenvalue weighted by molar-refractivity contribution is 5.61. The van der Waals surface area contributed by atoms with E-state index in [1.165, 1.54) is 24.0 Å². The van der Waals surface area contributed by atoms with Gasteiger partial charge in [-0.25, -0.2) is 0 Å². The zero-order valence-electron chi connectivity index (χ0n) is 9.87. The van der Waals surface area contributed by atoms with Gasteiger partial charge in [0.25, 0.3) is 0 Å². The quantitative estimate of drug-likeness (QED) is 0.742. The van der Waals surface area contributed by atoms with Gasteiger partial charge in [-0.2, -0.15) is 0 Å². The van der Waals surface area contributed by atoms with Crippen molar-refractivity contribution in [1.29, 1.82) is 0 Å². The lowest BCUT2D eigenvalue weighted by molar-refractivity contribution is 0.647. The first-order valence-electron chi connectivity index (χ1n) is 5.60. The Balaban J connectivity index is 0.000000606. The molecule has 1 fully saturated rings. The van der Waals surface area contributed by atoms with Gasteiger partial charge in [-0.15, -0.1) is 12.8 Å². The second-order valence-electron chi connectivity index (χ2n) is 4.05. The molecule has 1 aromatic rings. The monoisotopic (exact) mass is 213 g/mol. The summed E-state index contributed by atoms with van der Waals surface area (Å²) < 4.78 is 0. The molecule has 0 spiro atoms. The average Bonchev–Trinajstić information content (AvgIpc) is 2.85. The minimum absolute atomic E-state index is 0.564. The van der Waals surface area contributed by atoms with Gasteiger partial charge in [0.1, 0.15) is 0 Å². The lowest BCUT2D eigenvalue weighted by atomic mass is 10.0. The van der Waals surface area contributed by atoms with Gasteiger partial charge in [-0.05, 0) is 43.5 Å². The molecule has 1 aromatic carbocycles. The van der Waals surface area contributed by atoms with Crippen LogP contribution >= 0.6 is 0 Å². The van der Waals surface area contributed by atoms with Crippen LogP contribution in [0.15, 0.2) is 30.8 Å². The molecule has 0 aliphatic carbocycles. The third kappa shape index (κ3) is 2.98. The van der Waals surface area contributed by atoms with Crippen LogP contribution in [-0.4, -0.2) is 6.54 Å². The fourth-order valence-corrected chi connectivity index (χ4v) is 1.99. The van der Waals surface area contributed by atoms with Crippen LogP contribution in [0.1, 0.15) is 36.9 Å². The predicted octanol–water partition coefficient (Wildman–Crippen LogP) is 3.39. The van der Waals surface area contributed by atoms with Gasteiger partial charge in [0.05, 0.1) is 0 Å². The number of hydrogen-bond donors (Lipinski definition) is 1. The molecule has 0 aromatic heterocycles.